The molecule has 0 radical (unpaired) electrons. The third-order valence-corrected chi connectivity index (χ3v) is 8.64. The van der Waals surface area contributed by atoms with Crippen molar-refractivity contribution in [1.82, 2.24) is 15.4 Å². The summed E-state index contributed by atoms with van der Waals surface area (Å²) in [5.74, 6) is 1.54. The van der Waals surface area contributed by atoms with Crippen LogP contribution in [0.4, 0.5) is 5.69 Å². The lowest BCUT2D eigenvalue weighted by Gasteiger charge is -2.38. The molecule has 0 amide bonds. The first kappa shape index (κ1) is 26.9. The van der Waals surface area contributed by atoms with E-state index in [0.717, 1.165) is 53.3 Å². The van der Waals surface area contributed by atoms with Crippen LogP contribution in [0.3, 0.4) is 0 Å². The second kappa shape index (κ2) is 11.2. The van der Waals surface area contributed by atoms with Crippen LogP contribution >= 0.6 is 0 Å². The number of rotatable bonds is 7. The molecule has 1 aliphatic carbocycles. The van der Waals surface area contributed by atoms with Gasteiger partial charge < -0.3 is 10.6 Å². The predicted molar refractivity (Wildman–Crippen MR) is 160 cm³/mol. The molecule has 3 aromatic carbocycles. The highest BCUT2D eigenvalue weighted by molar-refractivity contribution is 7.83. The van der Waals surface area contributed by atoms with Crippen LogP contribution in [0.15, 0.2) is 76.6 Å². The van der Waals surface area contributed by atoms with Crippen LogP contribution in [0.2, 0.25) is 0 Å². The van der Waals surface area contributed by atoms with E-state index >= 15 is 0 Å². The van der Waals surface area contributed by atoms with Crippen molar-refractivity contribution in [3.63, 3.8) is 0 Å². The van der Waals surface area contributed by atoms with Crippen LogP contribution in [-0.2, 0) is 11.0 Å². The molecule has 3 aromatic rings. The molecule has 0 saturated heterocycles. The number of anilines is 1. The summed E-state index contributed by atoms with van der Waals surface area (Å²) in [5.41, 5.74) is 2.13. The average molecular weight is 532 g/mol. The van der Waals surface area contributed by atoms with Crippen LogP contribution in [0, 0.1) is 11.8 Å². The first-order valence-corrected chi connectivity index (χ1v) is 15.0. The second-order valence-electron chi connectivity index (χ2n) is 12.0. The minimum Gasteiger partial charge on any atom is -0.365 e. The number of nitrogens with zero attached hydrogens (tertiary/aromatic N) is 1. The summed E-state index contributed by atoms with van der Waals surface area (Å²) >= 11 is 0. The third kappa shape index (κ3) is 6.63. The lowest BCUT2D eigenvalue weighted by molar-refractivity contribution is 0.251. The van der Waals surface area contributed by atoms with Gasteiger partial charge in [-0.25, -0.2) is 13.9 Å². The second-order valence-corrected chi connectivity index (χ2v) is 13.3. The van der Waals surface area contributed by atoms with Crippen LogP contribution < -0.4 is 20.7 Å². The minimum atomic E-state index is -1.18. The Morgan fingerprint density at radius 1 is 0.921 bits per heavy atom. The third-order valence-electron chi connectivity index (χ3n) is 7.53. The molecule has 2 atom stereocenters. The fourth-order valence-corrected chi connectivity index (χ4v) is 6.43. The van der Waals surface area contributed by atoms with E-state index in [1.807, 2.05) is 24.3 Å². The van der Waals surface area contributed by atoms with E-state index in [9.17, 15) is 4.21 Å². The van der Waals surface area contributed by atoms with Crippen LogP contribution in [0.1, 0.15) is 58.9 Å². The normalized spacial score (nSPS) is 24.3. The van der Waals surface area contributed by atoms with Crippen molar-refractivity contribution in [3.8, 4) is 0 Å². The maximum Gasteiger partial charge on any atom is 0.184 e. The van der Waals surface area contributed by atoms with Gasteiger partial charge in [0.15, 0.2) is 5.79 Å². The van der Waals surface area contributed by atoms with Crippen molar-refractivity contribution in [2.24, 2.45) is 16.8 Å². The number of aliphatic imine (C=N–C) groups is 1. The lowest BCUT2D eigenvalue weighted by atomic mass is 9.82. The Morgan fingerprint density at radius 2 is 1.58 bits per heavy atom. The molecular weight excluding hydrogens is 490 g/mol. The molecule has 4 N–H and O–H groups in total. The summed E-state index contributed by atoms with van der Waals surface area (Å²) < 4.78 is 16.2. The van der Waals surface area contributed by atoms with Crippen molar-refractivity contribution < 1.29 is 4.21 Å². The van der Waals surface area contributed by atoms with Crippen molar-refractivity contribution >= 4 is 33.3 Å². The highest BCUT2D eigenvalue weighted by atomic mass is 32.2. The first-order chi connectivity index (χ1) is 18.2. The van der Waals surface area contributed by atoms with E-state index in [0.29, 0.717) is 11.8 Å². The largest absolute Gasteiger partial charge is 0.365 e. The van der Waals surface area contributed by atoms with Gasteiger partial charge in [-0.15, -0.1) is 0 Å². The van der Waals surface area contributed by atoms with Crippen LogP contribution in [-0.4, -0.2) is 34.5 Å². The predicted octanol–water partition coefficient (Wildman–Crippen LogP) is 5.78. The molecular formula is C31H41N5OS. The molecule has 2 unspecified atom stereocenters. The number of hydrogen-bond donors (Lipinski definition) is 4. The Balaban J connectivity index is 1.11. The molecule has 7 heteroatoms. The minimum absolute atomic E-state index is 0.0748. The Bertz CT molecular complexity index is 1330. The van der Waals surface area contributed by atoms with E-state index in [-0.39, 0.29) is 5.54 Å². The molecule has 202 valence electrons. The summed E-state index contributed by atoms with van der Waals surface area (Å²) in [5, 5.41) is 13.2. The molecule has 2 aliphatic rings. The van der Waals surface area contributed by atoms with Gasteiger partial charge in [0, 0.05) is 29.9 Å². The Kier molecular flexibility index (Phi) is 7.89. The van der Waals surface area contributed by atoms with Crippen molar-refractivity contribution in [2.75, 3.05) is 18.4 Å². The van der Waals surface area contributed by atoms with Crippen molar-refractivity contribution in [2.45, 2.75) is 69.6 Å². The van der Waals surface area contributed by atoms with Crippen molar-refractivity contribution in [3.05, 3.63) is 72.3 Å². The molecule has 1 fully saturated rings. The maximum atomic E-state index is 12.9. The number of amidine groups is 1. The number of fused-ring (bicyclic) bond motifs is 2. The lowest BCUT2D eigenvalue weighted by Crippen LogP contribution is -2.55. The molecule has 1 saturated carbocycles. The van der Waals surface area contributed by atoms with E-state index in [4.69, 9.17) is 4.99 Å². The monoisotopic (exact) mass is 531 g/mol. The van der Waals surface area contributed by atoms with Gasteiger partial charge in [0.2, 0.25) is 0 Å². The zero-order valence-corrected chi connectivity index (χ0v) is 23.8. The van der Waals surface area contributed by atoms with Gasteiger partial charge >= 0.3 is 0 Å². The first-order valence-electron chi connectivity index (χ1n) is 13.8. The summed E-state index contributed by atoms with van der Waals surface area (Å²) in [6, 6.07) is 22.6. The topological polar surface area (TPSA) is 77.6 Å². The van der Waals surface area contributed by atoms with Gasteiger partial charge in [0.1, 0.15) is 16.8 Å². The molecule has 6 nitrogen and oxygen atoms in total. The van der Waals surface area contributed by atoms with E-state index in [1.165, 1.54) is 18.2 Å². The fraction of sp³-hybridized carbons (Fsp3) is 0.452. The van der Waals surface area contributed by atoms with Crippen molar-refractivity contribution in [1.29, 1.82) is 0 Å². The molecule has 1 heterocycles. The number of nitrogens with one attached hydrogen (secondary N) is 4. The molecule has 0 bridgehead atoms. The summed E-state index contributed by atoms with van der Waals surface area (Å²) in [6.45, 7) is 10.3. The molecule has 1 aliphatic heterocycles. The smallest absolute Gasteiger partial charge is 0.184 e. The Hall–Kier alpha value is -2.74. The maximum absolute atomic E-state index is 12.9. The number of hydrogen-bond acceptors (Lipinski definition) is 5. The number of para-hydroxylation sites is 1. The van der Waals surface area contributed by atoms with Gasteiger partial charge in [0.05, 0.1) is 4.90 Å². The fourth-order valence-electron chi connectivity index (χ4n) is 5.45. The SMILES string of the molecule is CC(C)(C)NC1=NC(C)(NCC2CCC(CNS(=O)c3ccc4ccccc4c3)CC2)Nc2ccccc21. The standard InChI is InChI=1S/C31H41N5OS/c1-30(2,3)35-29-27-11-7-8-12-28(27)34-31(4,36-29)32-20-22-13-15-23(16-14-22)21-33-38(37)26-18-17-24-9-5-6-10-25(24)19-26/h5-12,17-19,22-23,32-34H,13-16,20-21H2,1-4H3,(H,35,36). The quantitative estimate of drug-likeness (QED) is 0.312. The van der Waals surface area contributed by atoms with Gasteiger partial charge in [-0.3, -0.25) is 5.32 Å². The zero-order valence-electron chi connectivity index (χ0n) is 23.0. The van der Waals surface area contributed by atoms with Gasteiger partial charge in [0.25, 0.3) is 0 Å². The zero-order chi connectivity index (χ0) is 26.8. The Morgan fingerprint density at radius 3 is 2.32 bits per heavy atom. The van der Waals surface area contributed by atoms with E-state index < -0.39 is 16.8 Å². The molecule has 0 aromatic heterocycles. The summed E-state index contributed by atoms with van der Waals surface area (Å²) in [6.07, 6.45) is 4.65. The molecule has 5 rings (SSSR count). The van der Waals surface area contributed by atoms with Crippen LogP contribution in [0.5, 0.6) is 0 Å². The summed E-state index contributed by atoms with van der Waals surface area (Å²) in [7, 11) is -1.18. The highest BCUT2D eigenvalue weighted by Gasteiger charge is 2.32. The molecule has 0 spiro atoms. The number of benzene rings is 3. The molecule has 38 heavy (non-hydrogen) atoms. The summed E-state index contributed by atoms with van der Waals surface area (Å²) in [4.78, 5) is 5.92. The highest BCUT2D eigenvalue weighted by Crippen LogP contribution is 2.30. The van der Waals surface area contributed by atoms with Gasteiger partial charge in [-0.05, 0) is 100 Å². The van der Waals surface area contributed by atoms with Gasteiger partial charge in [-0.1, -0.05) is 42.5 Å². The van der Waals surface area contributed by atoms with E-state index in [2.05, 4.69) is 90.8 Å². The van der Waals surface area contributed by atoms with Gasteiger partial charge in [-0.2, -0.15) is 0 Å². The van der Waals surface area contributed by atoms with Crippen LogP contribution in [0.25, 0.3) is 10.8 Å². The van der Waals surface area contributed by atoms with E-state index in [1.54, 1.807) is 0 Å². The Labute approximate surface area is 229 Å². The average Bonchev–Trinajstić information content (AvgIpc) is 2.90.